The first-order valence-electron chi connectivity index (χ1n) is 16.4. The number of nitrogens with zero attached hydrogens (tertiary/aromatic N) is 1. The topological polar surface area (TPSA) is 66.8 Å². The molecular weight excluding hydrogens is 474 g/mol. The molecule has 5 heteroatoms. The predicted molar refractivity (Wildman–Crippen MR) is 151 cm³/mol. The molecule has 8 atom stereocenters. The Morgan fingerprint density at radius 2 is 1.61 bits per heavy atom. The molecule has 0 bridgehead atoms. The Kier molecular flexibility index (Phi) is 9.24. The van der Waals surface area contributed by atoms with E-state index in [0.717, 1.165) is 62.9 Å². The average Bonchev–Trinajstić information content (AvgIpc) is 3.22. The zero-order valence-corrected chi connectivity index (χ0v) is 24.4. The number of Topliss-reactive ketones (excluding diaryl/α,β-unsaturated/α-hetero) is 1. The third-order valence-electron chi connectivity index (χ3n) is 12.4. The molecule has 1 N–H and O–H groups in total. The van der Waals surface area contributed by atoms with E-state index in [0.29, 0.717) is 48.6 Å². The molecule has 0 aromatic heterocycles. The van der Waals surface area contributed by atoms with E-state index in [9.17, 15) is 14.7 Å². The van der Waals surface area contributed by atoms with Gasteiger partial charge in [0.2, 0.25) is 5.91 Å². The van der Waals surface area contributed by atoms with Crippen molar-refractivity contribution in [1.82, 2.24) is 4.90 Å². The summed E-state index contributed by atoms with van der Waals surface area (Å²) >= 11 is 0. The van der Waals surface area contributed by atoms with Crippen molar-refractivity contribution in [2.45, 2.75) is 129 Å². The molecule has 4 aliphatic carbocycles. The number of hydrogen-bond donors (Lipinski definition) is 1. The highest BCUT2D eigenvalue weighted by molar-refractivity contribution is 5.79. The smallest absolute Gasteiger partial charge is 0.222 e. The molecule has 5 fully saturated rings. The quantitative estimate of drug-likeness (QED) is 0.326. The number of ketones is 1. The van der Waals surface area contributed by atoms with Gasteiger partial charge in [-0.05, 0) is 85.4 Å². The van der Waals surface area contributed by atoms with Crippen LogP contribution in [0.4, 0.5) is 0 Å². The van der Waals surface area contributed by atoms with E-state index in [1.807, 2.05) is 4.90 Å². The maximum Gasteiger partial charge on any atom is 0.222 e. The van der Waals surface area contributed by atoms with Crippen molar-refractivity contribution >= 4 is 11.7 Å². The first-order chi connectivity index (χ1) is 18.3. The van der Waals surface area contributed by atoms with Crippen LogP contribution >= 0.6 is 0 Å². The molecule has 0 radical (unpaired) electrons. The van der Waals surface area contributed by atoms with Crippen LogP contribution in [0, 0.1) is 40.4 Å². The molecule has 38 heavy (non-hydrogen) atoms. The molecular formula is C33H55NO4. The van der Waals surface area contributed by atoms with Gasteiger partial charge in [-0.1, -0.05) is 58.8 Å². The third-order valence-corrected chi connectivity index (χ3v) is 12.4. The minimum absolute atomic E-state index is 0.114. The summed E-state index contributed by atoms with van der Waals surface area (Å²) in [6, 6.07) is 0. The number of amides is 1. The van der Waals surface area contributed by atoms with Gasteiger partial charge in [-0.2, -0.15) is 0 Å². The van der Waals surface area contributed by atoms with Gasteiger partial charge in [0, 0.05) is 32.4 Å². The second-order valence-corrected chi connectivity index (χ2v) is 14.4. The van der Waals surface area contributed by atoms with Crippen molar-refractivity contribution in [3.63, 3.8) is 0 Å². The number of rotatable bonds is 10. The first kappa shape index (κ1) is 28.6. The Morgan fingerprint density at radius 1 is 0.921 bits per heavy atom. The molecule has 1 amide bonds. The van der Waals surface area contributed by atoms with Gasteiger partial charge in [0.1, 0.15) is 5.78 Å². The zero-order valence-electron chi connectivity index (χ0n) is 24.4. The Bertz CT molecular complexity index is 824. The normalized spacial score (nSPS) is 40.9. The van der Waals surface area contributed by atoms with E-state index in [-0.39, 0.29) is 11.5 Å². The maximum absolute atomic E-state index is 12.5. The Labute approximate surface area is 231 Å². The molecule has 216 valence electrons. The fourth-order valence-corrected chi connectivity index (χ4v) is 10.0. The lowest BCUT2D eigenvalue weighted by atomic mass is 9.42. The van der Waals surface area contributed by atoms with Crippen LogP contribution in [0.5, 0.6) is 0 Å². The minimum Gasteiger partial charge on any atom is -0.393 e. The number of fused-ring (bicyclic) bond motifs is 5. The predicted octanol–water partition coefficient (Wildman–Crippen LogP) is 6.55. The maximum atomic E-state index is 12.5. The Balaban J connectivity index is 1.07. The van der Waals surface area contributed by atoms with E-state index in [4.69, 9.17) is 4.74 Å². The van der Waals surface area contributed by atoms with E-state index >= 15 is 0 Å². The van der Waals surface area contributed by atoms with Gasteiger partial charge in [0.05, 0.1) is 19.3 Å². The van der Waals surface area contributed by atoms with E-state index in [1.165, 1.54) is 70.6 Å². The lowest BCUT2D eigenvalue weighted by Gasteiger charge is -2.62. The van der Waals surface area contributed by atoms with Crippen molar-refractivity contribution in [3.8, 4) is 0 Å². The fourth-order valence-electron chi connectivity index (χ4n) is 10.0. The molecule has 0 aromatic rings. The summed E-state index contributed by atoms with van der Waals surface area (Å²) in [5.41, 5.74) is 0.462. The van der Waals surface area contributed by atoms with Crippen LogP contribution in [-0.2, 0) is 14.3 Å². The molecule has 1 heterocycles. The van der Waals surface area contributed by atoms with Crippen LogP contribution in [0.3, 0.4) is 0 Å². The van der Waals surface area contributed by atoms with Crippen molar-refractivity contribution in [2.24, 2.45) is 40.4 Å². The van der Waals surface area contributed by atoms with Gasteiger partial charge < -0.3 is 14.7 Å². The van der Waals surface area contributed by atoms with Gasteiger partial charge in [-0.3, -0.25) is 9.59 Å². The summed E-state index contributed by atoms with van der Waals surface area (Å²) in [6.45, 7) is 7.84. The minimum atomic E-state index is -0.114. The van der Waals surface area contributed by atoms with Crippen LogP contribution in [0.1, 0.15) is 123 Å². The van der Waals surface area contributed by atoms with Crippen LogP contribution in [0.25, 0.3) is 0 Å². The average molecular weight is 530 g/mol. The number of carbonyl (C=O) groups is 2. The van der Waals surface area contributed by atoms with Crippen molar-refractivity contribution in [2.75, 3.05) is 26.3 Å². The van der Waals surface area contributed by atoms with Gasteiger partial charge >= 0.3 is 0 Å². The highest BCUT2D eigenvalue weighted by atomic mass is 16.5. The molecule has 1 aliphatic heterocycles. The summed E-state index contributed by atoms with van der Waals surface area (Å²) in [4.78, 5) is 26.7. The number of ether oxygens (including phenoxy) is 1. The van der Waals surface area contributed by atoms with Gasteiger partial charge in [0.25, 0.3) is 0 Å². The van der Waals surface area contributed by atoms with Crippen LogP contribution in [0.15, 0.2) is 0 Å². The molecule has 5 rings (SSSR count). The number of aliphatic hydroxyl groups is 1. The zero-order chi connectivity index (χ0) is 26.8. The van der Waals surface area contributed by atoms with Crippen molar-refractivity contribution in [3.05, 3.63) is 0 Å². The molecule has 1 saturated heterocycles. The highest BCUT2D eigenvalue weighted by Crippen LogP contribution is 2.67. The Morgan fingerprint density at radius 3 is 2.37 bits per heavy atom. The molecule has 0 spiro atoms. The fraction of sp³-hybridized carbons (Fsp3) is 0.939. The first-order valence-corrected chi connectivity index (χ1v) is 16.4. The second kappa shape index (κ2) is 12.3. The summed E-state index contributed by atoms with van der Waals surface area (Å²) in [5.74, 6) is 4.33. The second-order valence-electron chi connectivity index (χ2n) is 14.4. The largest absolute Gasteiger partial charge is 0.393 e. The molecule has 4 saturated carbocycles. The number of carbonyl (C=O) groups excluding carboxylic acids is 2. The molecule has 3 unspecified atom stereocenters. The number of unbranched alkanes of at least 4 members (excludes halogenated alkanes) is 6. The lowest BCUT2D eigenvalue weighted by molar-refractivity contribution is -0.156. The van der Waals surface area contributed by atoms with E-state index in [1.54, 1.807) is 0 Å². The lowest BCUT2D eigenvalue weighted by Crippen LogP contribution is -2.57. The summed E-state index contributed by atoms with van der Waals surface area (Å²) < 4.78 is 5.35. The van der Waals surface area contributed by atoms with Gasteiger partial charge in [0.15, 0.2) is 0 Å². The van der Waals surface area contributed by atoms with Crippen LogP contribution < -0.4 is 0 Å². The standard InChI is InChI=1S/C33H55NO4/c1-32-16-14-26(35)23-25(32)22-24(31-27-12-13-29(36)33(27,2)17-15-28(31)32)10-8-6-4-3-5-7-9-11-30(37)34-18-20-38-21-19-34/h24-25,27-29,31,36H,3-23H2,1-2H3/t24?,25?,27-,28+,29?,31-,32-,33-/m0/s1. The van der Waals surface area contributed by atoms with Crippen LogP contribution in [-0.4, -0.2) is 54.1 Å². The molecule has 0 aromatic carbocycles. The Hall–Kier alpha value is -0.940. The highest BCUT2D eigenvalue weighted by Gasteiger charge is 2.62. The van der Waals surface area contributed by atoms with Gasteiger partial charge in [-0.25, -0.2) is 0 Å². The van der Waals surface area contributed by atoms with E-state index in [2.05, 4.69) is 13.8 Å². The molecule has 5 nitrogen and oxygen atoms in total. The monoisotopic (exact) mass is 529 g/mol. The summed E-state index contributed by atoms with van der Waals surface area (Å²) in [5, 5.41) is 11.0. The number of morpholine rings is 1. The third kappa shape index (κ3) is 5.76. The molecule has 5 aliphatic rings. The van der Waals surface area contributed by atoms with Crippen molar-refractivity contribution < 1.29 is 19.4 Å². The number of hydrogen-bond acceptors (Lipinski definition) is 4. The van der Waals surface area contributed by atoms with Crippen LogP contribution in [0.2, 0.25) is 0 Å². The SMILES string of the molecule is C[C@]12CCC(=O)CC1CC(CCCCCCCCCC(=O)N1CCOCC1)[C@@H]1[C@H]2CC[C@]2(C)C(O)CC[C@@H]12. The van der Waals surface area contributed by atoms with Gasteiger partial charge in [-0.15, -0.1) is 0 Å². The van der Waals surface area contributed by atoms with Crippen molar-refractivity contribution in [1.29, 1.82) is 0 Å². The van der Waals surface area contributed by atoms with E-state index < -0.39 is 0 Å². The summed E-state index contributed by atoms with van der Waals surface area (Å²) in [6.07, 6.45) is 19.2. The number of aliphatic hydroxyl groups excluding tert-OH is 1. The summed E-state index contributed by atoms with van der Waals surface area (Å²) in [7, 11) is 0.